The Kier molecular flexibility index (Phi) is 5.04. The van der Waals surface area contributed by atoms with Gasteiger partial charge in [0.25, 0.3) is 0 Å². The van der Waals surface area contributed by atoms with Crippen LogP contribution in [0.5, 0.6) is 0 Å². The summed E-state index contributed by atoms with van der Waals surface area (Å²) in [6.45, 7) is 4.28. The number of rotatable bonds is 4. The Bertz CT molecular complexity index is 425. The molecule has 20 heavy (non-hydrogen) atoms. The van der Waals surface area contributed by atoms with E-state index in [-0.39, 0.29) is 12.1 Å². The van der Waals surface area contributed by atoms with Crippen LogP contribution in [-0.4, -0.2) is 41.7 Å². The number of likely N-dealkylation sites (tertiary alicyclic amines) is 1. The van der Waals surface area contributed by atoms with Gasteiger partial charge >= 0.3 is 6.18 Å². The van der Waals surface area contributed by atoms with Crippen molar-refractivity contribution in [2.75, 3.05) is 19.6 Å². The van der Waals surface area contributed by atoms with E-state index in [0.29, 0.717) is 13.1 Å². The molecular weight excluding hydrogens is 287 g/mol. The zero-order valence-electron chi connectivity index (χ0n) is 11.7. The van der Waals surface area contributed by atoms with Gasteiger partial charge < -0.3 is 5.32 Å². The Morgan fingerprint density at radius 3 is 2.60 bits per heavy atom. The minimum Gasteiger partial charge on any atom is -0.305 e. The molecule has 1 aromatic heterocycles. The summed E-state index contributed by atoms with van der Waals surface area (Å²) in [6.07, 6.45) is -0.731. The van der Waals surface area contributed by atoms with Gasteiger partial charge in [-0.05, 0) is 39.8 Å². The lowest BCUT2D eigenvalue weighted by atomic mass is 10.0. The summed E-state index contributed by atoms with van der Waals surface area (Å²) in [6, 6.07) is 0.437. The van der Waals surface area contributed by atoms with E-state index in [0.717, 1.165) is 17.8 Å². The minimum absolute atomic E-state index is 0.160. The molecule has 0 aliphatic carbocycles. The molecule has 1 aliphatic heterocycles. The molecule has 0 amide bonds. The molecule has 1 N–H and O–H groups in total. The molecule has 1 fully saturated rings. The lowest BCUT2D eigenvalue weighted by Crippen LogP contribution is -2.46. The van der Waals surface area contributed by atoms with Crippen molar-refractivity contribution in [3.8, 4) is 0 Å². The number of piperidine rings is 1. The first kappa shape index (κ1) is 15.7. The van der Waals surface area contributed by atoms with Crippen LogP contribution in [0.1, 0.15) is 35.7 Å². The van der Waals surface area contributed by atoms with Crippen molar-refractivity contribution in [1.82, 2.24) is 15.2 Å². The molecule has 1 saturated heterocycles. The van der Waals surface area contributed by atoms with Crippen molar-refractivity contribution >= 4 is 11.3 Å². The predicted molar refractivity (Wildman–Crippen MR) is 73.9 cm³/mol. The van der Waals surface area contributed by atoms with Gasteiger partial charge in [-0.3, -0.25) is 4.90 Å². The summed E-state index contributed by atoms with van der Waals surface area (Å²) in [5.41, 5.74) is 0. The summed E-state index contributed by atoms with van der Waals surface area (Å²) in [4.78, 5) is 7.00. The fraction of sp³-hybridized carbons (Fsp3) is 0.769. The lowest BCUT2D eigenvalue weighted by Gasteiger charge is -2.33. The van der Waals surface area contributed by atoms with E-state index in [1.807, 2.05) is 13.1 Å². The molecule has 1 aromatic rings. The van der Waals surface area contributed by atoms with Crippen LogP contribution in [0.25, 0.3) is 0 Å². The number of halogens is 3. The van der Waals surface area contributed by atoms with Gasteiger partial charge in [0.15, 0.2) is 0 Å². The summed E-state index contributed by atoms with van der Waals surface area (Å²) in [5, 5.41) is 4.51. The van der Waals surface area contributed by atoms with Gasteiger partial charge in [-0.25, -0.2) is 4.98 Å². The molecule has 2 heterocycles. The van der Waals surface area contributed by atoms with E-state index < -0.39 is 12.7 Å². The van der Waals surface area contributed by atoms with Crippen molar-refractivity contribution in [2.24, 2.45) is 0 Å². The number of nitrogens with one attached hydrogen (secondary N) is 1. The number of aromatic nitrogens is 1. The number of aryl methyl sites for hydroxylation is 1. The highest BCUT2D eigenvalue weighted by Crippen LogP contribution is 2.23. The normalized spacial score (nSPS) is 20.2. The third-order valence-corrected chi connectivity index (χ3v) is 4.58. The lowest BCUT2D eigenvalue weighted by molar-refractivity contribution is -0.148. The smallest absolute Gasteiger partial charge is 0.305 e. The van der Waals surface area contributed by atoms with Crippen molar-refractivity contribution in [2.45, 2.75) is 44.9 Å². The highest BCUT2D eigenvalue weighted by molar-refractivity contribution is 7.11. The molecule has 114 valence electrons. The Balaban J connectivity index is 1.77. The third-order valence-electron chi connectivity index (χ3n) is 3.49. The number of nitrogens with zero attached hydrogens (tertiary/aromatic N) is 2. The van der Waals surface area contributed by atoms with Gasteiger partial charge in [0.1, 0.15) is 5.01 Å². The van der Waals surface area contributed by atoms with Crippen LogP contribution in [-0.2, 0) is 0 Å². The van der Waals surface area contributed by atoms with E-state index in [4.69, 9.17) is 0 Å². The van der Waals surface area contributed by atoms with Gasteiger partial charge in [0.05, 0.1) is 12.6 Å². The van der Waals surface area contributed by atoms with Crippen LogP contribution >= 0.6 is 11.3 Å². The van der Waals surface area contributed by atoms with Crippen molar-refractivity contribution in [3.05, 3.63) is 16.1 Å². The van der Waals surface area contributed by atoms with Gasteiger partial charge in [-0.1, -0.05) is 0 Å². The first-order chi connectivity index (χ1) is 9.33. The van der Waals surface area contributed by atoms with Gasteiger partial charge in [0.2, 0.25) is 0 Å². The second-order valence-corrected chi connectivity index (χ2v) is 6.63. The average Bonchev–Trinajstić information content (AvgIpc) is 2.77. The molecule has 0 saturated carbocycles. The molecule has 0 radical (unpaired) electrons. The first-order valence-corrected chi connectivity index (χ1v) is 7.62. The van der Waals surface area contributed by atoms with E-state index >= 15 is 0 Å². The van der Waals surface area contributed by atoms with Crippen molar-refractivity contribution < 1.29 is 13.2 Å². The summed E-state index contributed by atoms with van der Waals surface area (Å²) >= 11 is 1.66. The van der Waals surface area contributed by atoms with Gasteiger partial charge in [0, 0.05) is 17.1 Å². The number of thiazole rings is 1. The predicted octanol–water partition coefficient (Wildman–Crippen LogP) is 3.13. The second-order valence-electron chi connectivity index (χ2n) is 5.36. The summed E-state index contributed by atoms with van der Waals surface area (Å²) < 4.78 is 36.9. The monoisotopic (exact) mass is 307 g/mol. The zero-order chi connectivity index (χ0) is 14.8. The molecule has 7 heteroatoms. The van der Waals surface area contributed by atoms with Crippen LogP contribution in [0.15, 0.2) is 6.20 Å². The maximum atomic E-state index is 12.3. The van der Waals surface area contributed by atoms with E-state index in [1.165, 1.54) is 9.78 Å². The second kappa shape index (κ2) is 6.41. The van der Waals surface area contributed by atoms with Crippen LogP contribution < -0.4 is 5.32 Å². The number of hydrogen-bond acceptors (Lipinski definition) is 4. The topological polar surface area (TPSA) is 28.2 Å². The van der Waals surface area contributed by atoms with Crippen molar-refractivity contribution in [1.29, 1.82) is 0 Å². The molecule has 2 rings (SSSR count). The zero-order valence-corrected chi connectivity index (χ0v) is 12.5. The van der Waals surface area contributed by atoms with E-state index in [1.54, 1.807) is 11.3 Å². The van der Waals surface area contributed by atoms with Crippen LogP contribution in [0, 0.1) is 6.92 Å². The Morgan fingerprint density at radius 1 is 1.45 bits per heavy atom. The molecule has 1 aliphatic rings. The molecule has 1 atom stereocenters. The number of hydrogen-bond donors (Lipinski definition) is 1. The van der Waals surface area contributed by atoms with Gasteiger partial charge in [-0.15, -0.1) is 11.3 Å². The quantitative estimate of drug-likeness (QED) is 0.926. The fourth-order valence-electron chi connectivity index (χ4n) is 2.51. The molecule has 0 aromatic carbocycles. The van der Waals surface area contributed by atoms with Crippen LogP contribution in [0.2, 0.25) is 0 Å². The molecule has 3 nitrogen and oxygen atoms in total. The SMILES string of the molecule is Cc1cnc(C(C)NC2CCN(CC(F)(F)F)CC2)s1. The largest absolute Gasteiger partial charge is 0.401 e. The minimum atomic E-state index is -4.09. The Hall–Kier alpha value is -0.660. The Morgan fingerprint density at radius 2 is 2.10 bits per heavy atom. The number of alkyl halides is 3. The average molecular weight is 307 g/mol. The summed E-state index contributed by atoms with van der Waals surface area (Å²) in [5.74, 6) is 0. The molecule has 1 unspecified atom stereocenters. The molecule has 0 spiro atoms. The highest BCUT2D eigenvalue weighted by atomic mass is 32.1. The standard InChI is InChI=1S/C13H20F3N3S/c1-9-7-17-12(20-9)10(2)18-11-3-5-19(6-4-11)8-13(14,15)16/h7,10-11,18H,3-6,8H2,1-2H3. The van der Waals surface area contributed by atoms with Crippen LogP contribution in [0.3, 0.4) is 0 Å². The maximum absolute atomic E-state index is 12.3. The first-order valence-electron chi connectivity index (χ1n) is 6.81. The van der Waals surface area contributed by atoms with Crippen molar-refractivity contribution in [3.63, 3.8) is 0 Å². The van der Waals surface area contributed by atoms with Crippen LogP contribution in [0.4, 0.5) is 13.2 Å². The van der Waals surface area contributed by atoms with E-state index in [2.05, 4.69) is 17.2 Å². The summed E-state index contributed by atoms with van der Waals surface area (Å²) in [7, 11) is 0. The molecule has 0 bridgehead atoms. The highest BCUT2D eigenvalue weighted by Gasteiger charge is 2.32. The fourth-order valence-corrected chi connectivity index (χ4v) is 3.29. The molecular formula is C13H20F3N3S. The Labute approximate surface area is 121 Å². The van der Waals surface area contributed by atoms with Gasteiger partial charge in [-0.2, -0.15) is 13.2 Å². The third kappa shape index (κ3) is 4.71. The van der Waals surface area contributed by atoms with E-state index in [9.17, 15) is 13.2 Å². The maximum Gasteiger partial charge on any atom is 0.401 e.